The maximum atomic E-state index is 11.6. The summed E-state index contributed by atoms with van der Waals surface area (Å²) in [6.07, 6.45) is 4.29. The van der Waals surface area contributed by atoms with E-state index in [1.54, 1.807) is 6.07 Å². The Bertz CT molecular complexity index is 347. The molecule has 1 heterocycles. The van der Waals surface area contributed by atoms with Gasteiger partial charge < -0.3 is 0 Å². The molecule has 1 saturated carbocycles. The maximum Gasteiger partial charge on any atom is 0.181 e. The van der Waals surface area contributed by atoms with Crippen molar-refractivity contribution in [3.63, 3.8) is 0 Å². The molecule has 1 fully saturated rings. The third-order valence-corrected chi connectivity index (χ3v) is 2.92. The number of pyridine rings is 1. The predicted octanol–water partition coefficient (Wildman–Crippen LogP) is 3.22. The van der Waals surface area contributed by atoms with Gasteiger partial charge in [-0.05, 0) is 40.4 Å². The number of halogens is 1. The number of ketones is 1. The highest BCUT2D eigenvalue weighted by molar-refractivity contribution is 9.10. The first-order chi connectivity index (χ1) is 6.75. The van der Waals surface area contributed by atoms with Gasteiger partial charge in [-0.1, -0.05) is 18.9 Å². The Morgan fingerprint density at radius 3 is 2.93 bits per heavy atom. The van der Waals surface area contributed by atoms with Crippen LogP contribution >= 0.6 is 15.9 Å². The van der Waals surface area contributed by atoms with Crippen molar-refractivity contribution in [2.24, 2.45) is 5.92 Å². The van der Waals surface area contributed by atoms with Crippen LogP contribution in [-0.2, 0) is 0 Å². The highest BCUT2D eigenvalue weighted by Crippen LogP contribution is 2.33. The molecule has 0 aliphatic heterocycles. The SMILES string of the molecule is O=C(CCC1CC1)c1cccc(Br)n1. The summed E-state index contributed by atoms with van der Waals surface area (Å²) in [6, 6.07) is 5.46. The molecule has 0 bridgehead atoms. The normalized spacial score (nSPS) is 15.5. The number of carbonyl (C=O) groups excluding carboxylic acids is 1. The van der Waals surface area contributed by atoms with Crippen molar-refractivity contribution in [1.29, 1.82) is 0 Å². The number of aromatic nitrogens is 1. The lowest BCUT2D eigenvalue weighted by Crippen LogP contribution is -2.02. The summed E-state index contributed by atoms with van der Waals surface area (Å²) in [5.41, 5.74) is 0.583. The van der Waals surface area contributed by atoms with Gasteiger partial charge in [0.05, 0.1) is 0 Å². The van der Waals surface area contributed by atoms with E-state index in [4.69, 9.17) is 0 Å². The highest BCUT2D eigenvalue weighted by atomic mass is 79.9. The number of Topliss-reactive ketones (excluding diaryl/α,β-unsaturated/α-hetero) is 1. The van der Waals surface area contributed by atoms with Crippen molar-refractivity contribution in [2.75, 3.05) is 0 Å². The molecule has 14 heavy (non-hydrogen) atoms. The van der Waals surface area contributed by atoms with E-state index in [-0.39, 0.29) is 5.78 Å². The fourth-order valence-corrected chi connectivity index (χ4v) is 1.78. The molecule has 0 spiro atoms. The molecule has 2 rings (SSSR count). The molecule has 0 amide bonds. The molecule has 1 aromatic heterocycles. The standard InChI is InChI=1S/C11H12BrNO/c12-11-3-1-2-9(13-11)10(14)7-6-8-4-5-8/h1-3,8H,4-7H2. The summed E-state index contributed by atoms with van der Waals surface area (Å²) >= 11 is 3.26. The largest absolute Gasteiger partial charge is 0.292 e. The van der Waals surface area contributed by atoms with Crippen LogP contribution in [0.4, 0.5) is 0 Å². The molecule has 0 atom stereocenters. The van der Waals surface area contributed by atoms with E-state index in [1.165, 1.54) is 12.8 Å². The van der Waals surface area contributed by atoms with Crippen LogP contribution in [0.2, 0.25) is 0 Å². The first-order valence-electron chi connectivity index (χ1n) is 4.91. The molecule has 1 aromatic rings. The van der Waals surface area contributed by atoms with Gasteiger partial charge in [-0.2, -0.15) is 0 Å². The second-order valence-corrected chi connectivity index (χ2v) is 4.56. The third kappa shape index (κ3) is 2.64. The smallest absolute Gasteiger partial charge is 0.181 e. The van der Waals surface area contributed by atoms with Crippen LogP contribution in [0.25, 0.3) is 0 Å². The minimum absolute atomic E-state index is 0.165. The number of hydrogen-bond acceptors (Lipinski definition) is 2. The lowest BCUT2D eigenvalue weighted by molar-refractivity contribution is 0.0973. The van der Waals surface area contributed by atoms with Gasteiger partial charge in [-0.3, -0.25) is 4.79 Å². The zero-order valence-corrected chi connectivity index (χ0v) is 9.46. The number of carbonyl (C=O) groups is 1. The van der Waals surface area contributed by atoms with Crippen LogP contribution in [0, 0.1) is 5.92 Å². The Labute approximate surface area is 91.9 Å². The van der Waals surface area contributed by atoms with E-state index in [1.807, 2.05) is 12.1 Å². The summed E-state index contributed by atoms with van der Waals surface area (Å²) in [5, 5.41) is 0. The van der Waals surface area contributed by atoms with Crippen LogP contribution in [0.15, 0.2) is 22.8 Å². The van der Waals surface area contributed by atoms with Gasteiger partial charge >= 0.3 is 0 Å². The highest BCUT2D eigenvalue weighted by Gasteiger charge is 2.22. The van der Waals surface area contributed by atoms with Gasteiger partial charge in [0.2, 0.25) is 0 Å². The second kappa shape index (κ2) is 4.22. The quantitative estimate of drug-likeness (QED) is 0.610. The van der Waals surface area contributed by atoms with E-state index < -0.39 is 0 Å². The molecule has 2 nitrogen and oxygen atoms in total. The molecule has 74 valence electrons. The Morgan fingerprint density at radius 1 is 1.50 bits per heavy atom. The van der Waals surface area contributed by atoms with Crippen molar-refractivity contribution in [3.05, 3.63) is 28.5 Å². The fraction of sp³-hybridized carbons (Fsp3) is 0.455. The van der Waals surface area contributed by atoms with Crippen LogP contribution < -0.4 is 0 Å². The van der Waals surface area contributed by atoms with Crippen molar-refractivity contribution < 1.29 is 4.79 Å². The average molecular weight is 254 g/mol. The van der Waals surface area contributed by atoms with E-state index in [9.17, 15) is 4.79 Å². The van der Waals surface area contributed by atoms with Gasteiger partial charge in [-0.15, -0.1) is 0 Å². The predicted molar refractivity (Wildman–Crippen MR) is 58.2 cm³/mol. The minimum atomic E-state index is 0.165. The molecular weight excluding hydrogens is 242 g/mol. The summed E-state index contributed by atoms with van der Waals surface area (Å²) in [5.74, 6) is 0.976. The first kappa shape index (κ1) is 9.84. The molecule has 1 aliphatic carbocycles. The van der Waals surface area contributed by atoms with Crippen molar-refractivity contribution in [1.82, 2.24) is 4.98 Å². The Kier molecular flexibility index (Phi) is 2.96. The molecular formula is C11H12BrNO. The monoisotopic (exact) mass is 253 g/mol. The van der Waals surface area contributed by atoms with Crippen LogP contribution in [0.5, 0.6) is 0 Å². The zero-order valence-electron chi connectivity index (χ0n) is 7.87. The Morgan fingerprint density at radius 2 is 2.29 bits per heavy atom. The number of hydrogen-bond donors (Lipinski definition) is 0. The number of nitrogens with zero attached hydrogens (tertiary/aromatic N) is 1. The van der Waals surface area contributed by atoms with Gasteiger partial charge in [0, 0.05) is 6.42 Å². The molecule has 3 heteroatoms. The molecule has 0 radical (unpaired) electrons. The molecule has 1 aliphatic rings. The molecule has 0 aromatic carbocycles. The third-order valence-electron chi connectivity index (χ3n) is 2.48. The van der Waals surface area contributed by atoms with E-state index >= 15 is 0 Å². The summed E-state index contributed by atoms with van der Waals surface area (Å²) < 4.78 is 0.731. The summed E-state index contributed by atoms with van der Waals surface area (Å²) in [4.78, 5) is 15.8. The van der Waals surface area contributed by atoms with Crippen LogP contribution in [-0.4, -0.2) is 10.8 Å². The van der Waals surface area contributed by atoms with Gasteiger partial charge in [0.15, 0.2) is 5.78 Å². The van der Waals surface area contributed by atoms with Gasteiger partial charge in [0.25, 0.3) is 0 Å². The van der Waals surface area contributed by atoms with Gasteiger partial charge in [-0.25, -0.2) is 4.98 Å². The van der Waals surface area contributed by atoms with E-state index in [2.05, 4.69) is 20.9 Å². The second-order valence-electron chi connectivity index (χ2n) is 3.75. The maximum absolute atomic E-state index is 11.6. The first-order valence-corrected chi connectivity index (χ1v) is 5.71. The lowest BCUT2D eigenvalue weighted by atomic mass is 10.1. The molecule has 0 unspecified atom stereocenters. The summed E-state index contributed by atoms with van der Waals surface area (Å²) in [6.45, 7) is 0. The van der Waals surface area contributed by atoms with Crippen LogP contribution in [0.1, 0.15) is 36.2 Å². The van der Waals surface area contributed by atoms with E-state index in [0.29, 0.717) is 12.1 Å². The Hall–Kier alpha value is -0.700. The Balaban J connectivity index is 1.95. The van der Waals surface area contributed by atoms with Crippen molar-refractivity contribution in [3.8, 4) is 0 Å². The van der Waals surface area contributed by atoms with Crippen LogP contribution in [0.3, 0.4) is 0 Å². The fourth-order valence-electron chi connectivity index (χ4n) is 1.43. The van der Waals surface area contributed by atoms with E-state index in [0.717, 1.165) is 16.9 Å². The molecule has 0 N–H and O–H groups in total. The average Bonchev–Trinajstić information content (AvgIpc) is 2.97. The lowest BCUT2D eigenvalue weighted by Gasteiger charge is -1.99. The zero-order chi connectivity index (χ0) is 9.97. The molecule has 0 saturated heterocycles. The topological polar surface area (TPSA) is 30.0 Å². The van der Waals surface area contributed by atoms with Crippen molar-refractivity contribution >= 4 is 21.7 Å². The summed E-state index contributed by atoms with van der Waals surface area (Å²) in [7, 11) is 0. The number of rotatable bonds is 4. The van der Waals surface area contributed by atoms with Crippen molar-refractivity contribution in [2.45, 2.75) is 25.7 Å². The minimum Gasteiger partial charge on any atom is -0.292 e. The van der Waals surface area contributed by atoms with Gasteiger partial charge in [0.1, 0.15) is 10.3 Å².